The van der Waals surface area contributed by atoms with Crippen LogP contribution in [0.3, 0.4) is 0 Å². The Balaban J connectivity index is 2.79. The highest BCUT2D eigenvalue weighted by molar-refractivity contribution is 5.88. The van der Waals surface area contributed by atoms with E-state index in [1.165, 1.54) is 6.07 Å². The third-order valence-corrected chi connectivity index (χ3v) is 2.35. The first-order valence-corrected chi connectivity index (χ1v) is 4.71. The Hall–Kier alpha value is -1.91. The number of fused-ring (bicyclic) bond motifs is 1. The van der Waals surface area contributed by atoms with E-state index in [4.69, 9.17) is 5.11 Å². The van der Waals surface area contributed by atoms with Crippen molar-refractivity contribution in [1.82, 2.24) is 14.6 Å². The van der Waals surface area contributed by atoms with Crippen LogP contribution in [-0.4, -0.2) is 25.7 Å². The van der Waals surface area contributed by atoms with E-state index in [0.717, 1.165) is 17.9 Å². The summed E-state index contributed by atoms with van der Waals surface area (Å²) >= 11 is 0. The minimum atomic E-state index is -0.937. The second-order valence-electron chi connectivity index (χ2n) is 3.33. The molecule has 2 aromatic heterocycles. The second kappa shape index (κ2) is 3.34. The molecule has 0 amide bonds. The van der Waals surface area contributed by atoms with E-state index in [1.807, 2.05) is 18.2 Å². The van der Waals surface area contributed by atoms with Gasteiger partial charge >= 0.3 is 5.97 Å². The lowest BCUT2D eigenvalue weighted by Gasteiger charge is -2.04. The maximum Gasteiger partial charge on any atom is 0.335 e. The molecule has 5 nitrogen and oxygen atoms in total. The Morgan fingerprint density at radius 2 is 2.20 bits per heavy atom. The highest BCUT2D eigenvalue weighted by Gasteiger charge is 2.10. The smallest absolute Gasteiger partial charge is 0.335 e. The van der Waals surface area contributed by atoms with Crippen molar-refractivity contribution in [2.75, 3.05) is 0 Å². The maximum atomic E-state index is 10.9. The molecule has 1 N–H and O–H groups in total. The molecule has 0 unspecified atom stereocenters. The normalized spacial score (nSPS) is 10.8. The Labute approximate surface area is 86.4 Å². The highest BCUT2D eigenvalue weighted by Crippen LogP contribution is 2.12. The topological polar surface area (TPSA) is 67.5 Å². The maximum absolute atomic E-state index is 10.9. The van der Waals surface area contributed by atoms with Crippen LogP contribution in [0, 0.1) is 6.92 Å². The van der Waals surface area contributed by atoms with Crippen LogP contribution in [-0.2, 0) is 6.42 Å². The van der Waals surface area contributed by atoms with Crippen molar-refractivity contribution in [3.8, 4) is 0 Å². The van der Waals surface area contributed by atoms with E-state index in [9.17, 15) is 4.79 Å². The van der Waals surface area contributed by atoms with E-state index in [2.05, 4.69) is 10.2 Å². The molecule has 0 atom stereocenters. The molecule has 0 aliphatic rings. The van der Waals surface area contributed by atoms with Crippen molar-refractivity contribution < 1.29 is 9.90 Å². The number of aryl methyl sites for hydroxylation is 2. The molecular formula is C10H11N3O2. The van der Waals surface area contributed by atoms with Gasteiger partial charge in [-0.15, -0.1) is 10.2 Å². The van der Waals surface area contributed by atoms with Gasteiger partial charge in [-0.2, -0.15) is 0 Å². The predicted molar refractivity (Wildman–Crippen MR) is 54.1 cm³/mol. The number of aromatic carboxylic acids is 1. The molecule has 5 heteroatoms. The molecule has 15 heavy (non-hydrogen) atoms. The summed E-state index contributed by atoms with van der Waals surface area (Å²) in [5.74, 6) is -0.161. The van der Waals surface area contributed by atoms with Crippen LogP contribution in [0.1, 0.15) is 28.8 Å². The lowest BCUT2D eigenvalue weighted by atomic mass is 10.2. The Kier molecular flexibility index (Phi) is 2.15. The molecule has 0 bridgehead atoms. The zero-order chi connectivity index (χ0) is 11.0. The fourth-order valence-corrected chi connectivity index (χ4v) is 1.64. The first-order chi connectivity index (χ1) is 7.13. The van der Waals surface area contributed by atoms with E-state index < -0.39 is 5.97 Å². The number of hydrogen-bond acceptors (Lipinski definition) is 3. The minimum Gasteiger partial charge on any atom is -0.478 e. The average molecular weight is 205 g/mol. The minimum absolute atomic E-state index is 0.256. The number of pyridine rings is 1. The molecule has 2 rings (SSSR count). The first-order valence-electron chi connectivity index (χ1n) is 4.71. The van der Waals surface area contributed by atoms with Gasteiger partial charge in [-0.3, -0.25) is 4.40 Å². The lowest BCUT2D eigenvalue weighted by molar-refractivity contribution is 0.0696. The van der Waals surface area contributed by atoms with Crippen LogP contribution in [0.15, 0.2) is 12.1 Å². The zero-order valence-corrected chi connectivity index (χ0v) is 8.56. The van der Waals surface area contributed by atoms with Crippen LogP contribution >= 0.6 is 0 Å². The van der Waals surface area contributed by atoms with Gasteiger partial charge in [-0.25, -0.2) is 4.79 Å². The van der Waals surface area contributed by atoms with Gasteiger partial charge in [0.2, 0.25) is 0 Å². The van der Waals surface area contributed by atoms with Gasteiger partial charge < -0.3 is 5.11 Å². The number of carboxylic acids is 1. The summed E-state index contributed by atoms with van der Waals surface area (Å²) in [5, 5.41) is 16.8. The first kappa shape index (κ1) is 9.64. The van der Waals surface area contributed by atoms with Crippen molar-refractivity contribution in [3.05, 3.63) is 29.2 Å². The predicted octanol–water partition coefficient (Wildman–Crippen LogP) is 1.30. The van der Waals surface area contributed by atoms with E-state index in [1.54, 1.807) is 6.07 Å². The third kappa shape index (κ3) is 1.45. The SMILES string of the molecule is CCc1cc(C(=O)O)cc2nnc(C)n12. The van der Waals surface area contributed by atoms with Crippen molar-refractivity contribution in [2.24, 2.45) is 0 Å². The molecule has 0 saturated heterocycles. The molecule has 0 spiro atoms. The monoisotopic (exact) mass is 205 g/mol. The number of rotatable bonds is 2. The summed E-state index contributed by atoms with van der Waals surface area (Å²) in [4.78, 5) is 10.9. The summed E-state index contributed by atoms with van der Waals surface area (Å²) in [5.41, 5.74) is 1.75. The quantitative estimate of drug-likeness (QED) is 0.802. The molecule has 0 fully saturated rings. The molecule has 2 aromatic rings. The molecule has 0 aliphatic carbocycles. The fourth-order valence-electron chi connectivity index (χ4n) is 1.64. The molecule has 78 valence electrons. The largest absolute Gasteiger partial charge is 0.478 e. The van der Waals surface area contributed by atoms with Crippen LogP contribution < -0.4 is 0 Å². The van der Waals surface area contributed by atoms with Gasteiger partial charge in [0, 0.05) is 5.69 Å². The summed E-state index contributed by atoms with van der Waals surface area (Å²) in [6.45, 7) is 3.82. The molecular weight excluding hydrogens is 194 g/mol. The van der Waals surface area contributed by atoms with Crippen molar-refractivity contribution in [3.63, 3.8) is 0 Å². The standard InChI is InChI=1S/C10H11N3O2/c1-3-8-4-7(10(14)15)5-9-12-11-6(2)13(8)9/h4-5H,3H2,1-2H3,(H,14,15). The van der Waals surface area contributed by atoms with Crippen LogP contribution in [0.25, 0.3) is 5.65 Å². The fraction of sp³-hybridized carbons (Fsp3) is 0.300. The summed E-state index contributed by atoms with van der Waals surface area (Å²) in [7, 11) is 0. The number of nitrogens with zero attached hydrogens (tertiary/aromatic N) is 3. The zero-order valence-electron chi connectivity index (χ0n) is 8.56. The number of aromatic nitrogens is 3. The van der Waals surface area contributed by atoms with Gasteiger partial charge in [0.1, 0.15) is 5.82 Å². The van der Waals surface area contributed by atoms with Crippen molar-refractivity contribution in [2.45, 2.75) is 20.3 Å². The van der Waals surface area contributed by atoms with E-state index in [-0.39, 0.29) is 5.56 Å². The summed E-state index contributed by atoms with van der Waals surface area (Å²) in [6.07, 6.45) is 0.747. The summed E-state index contributed by atoms with van der Waals surface area (Å²) < 4.78 is 1.87. The lowest BCUT2D eigenvalue weighted by Crippen LogP contribution is -2.03. The van der Waals surface area contributed by atoms with Crippen molar-refractivity contribution >= 4 is 11.6 Å². The van der Waals surface area contributed by atoms with Crippen LogP contribution in [0.5, 0.6) is 0 Å². The van der Waals surface area contributed by atoms with Crippen molar-refractivity contribution in [1.29, 1.82) is 0 Å². The van der Waals surface area contributed by atoms with Gasteiger partial charge in [0.15, 0.2) is 5.65 Å². The highest BCUT2D eigenvalue weighted by atomic mass is 16.4. The number of carboxylic acid groups (broad SMARTS) is 1. The van der Waals surface area contributed by atoms with Gasteiger partial charge in [0.25, 0.3) is 0 Å². The van der Waals surface area contributed by atoms with Crippen LogP contribution in [0.2, 0.25) is 0 Å². The Bertz CT molecular complexity index is 531. The molecule has 0 aromatic carbocycles. The molecule has 2 heterocycles. The molecule has 0 saturated carbocycles. The summed E-state index contributed by atoms with van der Waals surface area (Å²) in [6, 6.07) is 3.19. The molecule has 0 aliphatic heterocycles. The third-order valence-electron chi connectivity index (χ3n) is 2.35. The molecule has 0 radical (unpaired) electrons. The van der Waals surface area contributed by atoms with E-state index >= 15 is 0 Å². The average Bonchev–Trinajstić information content (AvgIpc) is 2.59. The van der Waals surface area contributed by atoms with Gasteiger partial charge in [0.05, 0.1) is 5.56 Å². The van der Waals surface area contributed by atoms with Gasteiger partial charge in [-0.1, -0.05) is 6.92 Å². The Morgan fingerprint density at radius 1 is 1.47 bits per heavy atom. The van der Waals surface area contributed by atoms with E-state index in [0.29, 0.717) is 5.65 Å². The number of hydrogen-bond donors (Lipinski definition) is 1. The Morgan fingerprint density at radius 3 is 2.80 bits per heavy atom. The second-order valence-corrected chi connectivity index (χ2v) is 3.33. The van der Waals surface area contributed by atoms with Crippen LogP contribution in [0.4, 0.5) is 0 Å². The van der Waals surface area contributed by atoms with Gasteiger partial charge in [-0.05, 0) is 25.5 Å². The number of carbonyl (C=O) groups is 1.